The number of benzene rings is 1. The average molecular weight is 276 g/mol. The fourth-order valence-corrected chi connectivity index (χ4v) is 2.44. The second-order valence-corrected chi connectivity index (χ2v) is 5.29. The molecule has 0 aliphatic heterocycles. The molecule has 0 saturated heterocycles. The fourth-order valence-electron chi connectivity index (χ4n) is 1.60. The number of anilines is 2. The predicted molar refractivity (Wildman–Crippen MR) is 79.0 cm³/mol. The molecule has 0 saturated carbocycles. The second kappa shape index (κ2) is 5.75. The zero-order valence-electron chi connectivity index (χ0n) is 10.9. The second-order valence-electron chi connectivity index (χ2n) is 4.03. The van der Waals surface area contributed by atoms with Crippen LogP contribution in [0.15, 0.2) is 30.3 Å². The minimum absolute atomic E-state index is 0.144. The maximum absolute atomic E-state index is 12.0. The fraction of sp³-hybridized carbons (Fsp3) is 0.214. The molecule has 0 aliphatic rings. The molecule has 4 nitrogen and oxygen atoms in total. The van der Waals surface area contributed by atoms with Crippen molar-refractivity contribution in [2.75, 3.05) is 17.7 Å². The van der Waals surface area contributed by atoms with Crippen molar-refractivity contribution in [3.63, 3.8) is 0 Å². The van der Waals surface area contributed by atoms with Gasteiger partial charge in [0.25, 0.3) is 5.91 Å². The number of nitrogen functional groups attached to an aromatic ring is 1. The number of carbonyl (C=O) groups excluding carboxylic acids is 1. The van der Waals surface area contributed by atoms with Gasteiger partial charge in [0.05, 0.1) is 11.5 Å². The number of carbonyl (C=O) groups is 1. The molecule has 0 aliphatic carbocycles. The minimum atomic E-state index is -0.144. The molecule has 1 aromatic heterocycles. The molecule has 0 bridgehead atoms. The molecule has 0 fully saturated rings. The van der Waals surface area contributed by atoms with Crippen molar-refractivity contribution in [3.8, 4) is 5.75 Å². The largest absolute Gasteiger partial charge is 0.494 e. The highest BCUT2D eigenvalue weighted by molar-refractivity contribution is 7.14. The van der Waals surface area contributed by atoms with Crippen molar-refractivity contribution in [1.82, 2.24) is 0 Å². The van der Waals surface area contributed by atoms with E-state index in [1.165, 1.54) is 11.3 Å². The summed E-state index contributed by atoms with van der Waals surface area (Å²) in [6.07, 6.45) is 0. The van der Waals surface area contributed by atoms with Crippen LogP contribution in [-0.2, 0) is 0 Å². The lowest BCUT2D eigenvalue weighted by atomic mass is 10.3. The van der Waals surface area contributed by atoms with Gasteiger partial charge in [0.1, 0.15) is 5.75 Å². The molecule has 0 unspecified atom stereocenters. The molecule has 5 heteroatoms. The Morgan fingerprint density at radius 1 is 1.37 bits per heavy atom. The summed E-state index contributed by atoms with van der Waals surface area (Å²) in [6.45, 7) is 4.45. The summed E-state index contributed by atoms with van der Waals surface area (Å²) in [4.78, 5) is 13.6. The molecule has 1 aromatic carbocycles. The number of hydrogen-bond acceptors (Lipinski definition) is 4. The van der Waals surface area contributed by atoms with Gasteiger partial charge in [-0.2, -0.15) is 0 Å². The topological polar surface area (TPSA) is 64.3 Å². The number of nitrogens with one attached hydrogen (secondary N) is 1. The van der Waals surface area contributed by atoms with E-state index in [1.807, 2.05) is 38.1 Å². The SMILES string of the molecule is CCOc1ccc(NC(=O)c2cc(N)c(C)s2)cc1. The number of rotatable bonds is 4. The van der Waals surface area contributed by atoms with Gasteiger partial charge in [-0.25, -0.2) is 0 Å². The molecular formula is C14H16N2O2S. The van der Waals surface area contributed by atoms with Gasteiger partial charge in [0, 0.05) is 16.3 Å². The first-order valence-electron chi connectivity index (χ1n) is 6.00. The summed E-state index contributed by atoms with van der Waals surface area (Å²) in [7, 11) is 0. The van der Waals surface area contributed by atoms with Gasteiger partial charge >= 0.3 is 0 Å². The van der Waals surface area contributed by atoms with Crippen LogP contribution in [0.1, 0.15) is 21.5 Å². The summed E-state index contributed by atoms with van der Waals surface area (Å²) in [6, 6.07) is 8.98. The normalized spacial score (nSPS) is 10.2. The van der Waals surface area contributed by atoms with Crippen molar-refractivity contribution in [1.29, 1.82) is 0 Å². The van der Waals surface area contributed by atoms with Crippen molar-refractivity contribution in [2.24, 2.45) is 0 Å². The smallest absolute Gasteiger partial charge is 0.265 e. The quantitative estimate of drug-likeness (QED) is 0.900. The van der Waals surface area contributed by atoms with Crippen LogP contribution in [-0.4, -0.2) is 12.5 Å². The van der Waals surface area contributed by atoms with Crippen LogP contribution in [0.3, 0.4) is 0 Å². The maximum atomic E-state index is 12.0. The Bertz CT molecular complexity index is 556. The lowest BCUT2D eigenvalue weighted by molar-refractivity contribution is 0.103. The number of ether oxygens (including phenoxy) is 1. The summed E-state index contributed by atoms with van der Waals surface area (Å²) < 4.78 is 5.34. The Morgan fingerprint density at radius 2 is 2.05 bits per heavy atom. The average Bonchev–Trinajstić information content (AvgIpc) is 2.72. The highest BCUT2D eigenvalue weighted by Gasteiger charge is 2.11. The molecule has 0 atom stereocenters. The number of amides is 1. The van der Waals surface area contributed by atoms with E-state index in [0.29, 0.717) is 17.2 Å². The van der Waals surface area contributed by atoms with E-state index >= 15 is 0 Å². The Labute approximate surface area is 116 Å². The van der Waals surface area contributed by atoms with Crippen molar-refractivity contribution in [3.05, 3.63) is 40.1 Å². The van der Waals surface area contributed by atoms with Crippen LogP contribution >= 0.6 is 11.3 Å². The minimum Gasteiger partial charge on any atom is -0.494 e. The van der Waals surface area contributed by atoms with Gasteiger partial charge in [-0.1, -0.05) is 0 Å². The van der Waals surface area contributed by atoms with Crippen molar-refractivity contribution >= 4 is 28.6 Å². The van der Waals surface area contributed by atoms with Gasteiger partial charge in [0.15, 0.2) is 0 Å². The molecule has 2 aromatic rings. The van der Waals surface area contributed by atoms with Crippen LogP contribution in [0.4, 0.5) is 11.4 Å². The molecule has 2 rings (SSSR count). The lowest BCUT2D eigenvalue weighted by Gasteiger charge is -2.06. The Morgan fingerprint density at radius 3 is 2.58 bits per heavy atom. The van der Waals surface area contributed by atoms with Crippen LogP contribution in [0.2, 0.25) is 0 Å². The molecule has 1 amide bonds. The zero-order valence-corrected chi connectivity index (χ0v) is 11.7. The lowest BCUT2D eigenvalue weighted by Crippen LogP contribution is -2.10. The predicted octanol–water partition coefficient (Wildman–Crippen LogP) is 3.29. The summed E-state index contributed by atoms with van der Waals surface area (Å²) in [5.74, 6) is 0.644. The first kappa shape index (κ1) is 13.4. The van der Waals surface area contributed by atoms with Gasteiger partial charge < -0.3 is 15.8 Å². The van der Waals surface area contributed by atoms with Crippen LogP contribution in [0.5, 0.6) is 5.75 Å². The summed E-state index contributed by atoms with van der Waals surface area (Å²) in [5, 5.41) is 2.83. The van der Waals surface area contributed by atoms with Crippen LogP contribution in [0, 0.1) is 6.92 Å². The molecule has 0 spiro atoms. The standard InChI is InChI=1S/C14H16N2O2S/c1-3-18-11-6-4-10(5-7-11)16-14(17)13-8-12(15)9(2)19-13/h4-8H,3,15H2,1-2H3,(H,16,17). The number of aryl methyl sites for hydroxylation is 1. The summed E-state index contributed by atoms with van der Waals surface area (Å²) in [5.41, 5.74) is 7.13. The molecule has 1 heterocycles. The first-order valence-corrected chi connectivity index (χ1v) is 6.82. The van der Waals surface area contributed by atoms with Gasteiger partial charge in [-0.05, 0) is 44.2 Å². The van der Waals surface area contributed by atoms with E-state index < -0.39 is 0 Å². The number of thiophene rings is 1. The first-order chi connectivity index (χ1) is 9.10. The molecule has 100 valence electrons. The number of hydrogen-bond donors (Lipinski definition) is 2. The van der Waals surface area contributed by atoms with E-state index in [0.717, 1.165) is 16.3 Å². The number of nitrogens with two attached hydrogens (primary N) is 1. The Kier molecular flexibility index (Phi) is 4.06. The third-order valence-corrected chi connectivity index (χ3v) is 3.67. The zero-order chi connectivity index (χ0) is 13.8. The molecular weight excluding hydrogens is 260 g/mol. The van der Waals surface area contributed by atoms with Crippen LogP contribution < -0.4 is 15.8 Å². The highest BCUT2D eigenvalue weighted by atomic mass is 32.1. The molecule has 3 N–H and O–H groups in total. The molecule has 0 radical (unpaired) electrons. The monoisotopic (exact) mass is 276 g/mol. The van der Waals surface area contributed by atoms with E-state index in [1.54, 1.807) is 6.07 Å². The van der Waals surface area contributed by atoms with Crippen molar-refractivity contribution < 1.29 is 9.53 Å². The Hall–Kier alpha value is -2.01. The van der Waals surface area contributed by atoms with Gasteiger partial charge in [-0.15, -0.1) is 11.3 Å². The summed E-state index contributed by atoms with van der Waals surface area (Å²) >= 11 is 1.39. The third-order valence-electron chi connectivity index (χ3n) is 2.60. The van der Waals surface area contributed by atoms with E-state index in [-0.39, 0.29) is 5.91 Å². The van der Waals surface area contributed by atoms with Gasteiger partial charge in [0.2, 0.25) is 0 Å². The van der Waals surface area contributed by atoms with Crippen LogP contribution in [0.25, 0.3) is 0 Å². The Balaban J connectivity index is 2.06. The van der Waals surface area contributed by atoms with E-state index in [2.05, 4.69) is 5.32 Å². The van der Waals surface area contributed by atoms with E-state index in [4.69, 9.17) is 10.5 Å². The maximum Gasteiger partial charge on any atom is 0.265 e. The van der Waals surface area contributed by atoms with E-state index in [9.17, 15) is 4.79 Å². The van der Waals surface area contributed by atoms with Gasteiger partial charge in [-0.3, -0.25) is 4.79 Å². The third kappa shape index (κ3) is 3.26. The molecule has 19 heavy (non-hydrogen) atoms. The van der Waals surface area contributed by atoms with Crippen molar-refractivity contribution in [2.45, 2.75) is 13.8 Å². The highest BCUT2D eigenvalue weighted by Crippen LogP contribution is 2.24.